The maximum absolute atomic E-state index is 14.7. The number of Topliss-reactive ketones (excluding diaryl/α,β-unsaturated/α-hetero) is 1. The zero-order valence-electron chi connectivity index (χ0n) is 33.6. The minimum absolute atomic E-state index is 0.168. The molecule has 0 aromatic heterocycles. The Balaban J connectivity index is 2.88. The van der Waals surface area contributed by atoms with Gasteiger partial charge in [-0.2, -0.15) is 0 Å². The number of aliphatic hydroxyl groups excluding tert-OH is 1. The lowest BCUT2D eigenvalue weighted by atomic mass is 9.78. The molecule has 0 heterocycles. The van der Waals surface area contributed by atoms with Crippen LogP contribution < -0.4 is 4.74 Å². The SMILES string of the molecule is CCCCC(C)c1cc(/C=C(\O)C(=O)c2cc(C(C)CCCC)cc(C(C)CCCC)c2C(C)CCCC)c(C(C)CCCC)c(OC)c1. The van der Waals surface area contributed by atoms with Crippen LogP contribution in [0.5, 0.6) is 5.75 Å². The highest BCUT2D eigenvalue weighted by Crippen LogP contribution is 2.41. The van der Waals surface area contributed by atoms with Gasteiger partial charge in [-0.1, -0.05) is 146 Å². The van der Waals surface area contributed by atoms with E-state index in [2.05, 4.69) is 93.5 Å². The largest absolute Gasteiger partial charge is 0.504 e. The standard InChI is InChI=1S/C46H74O3/c1-12-17-22-32(6)37-27-39(44(43(31-37)49-11)35(9)25-20-15-4)30-42(47)46(48)41-29-38(33(7)23-18-13-2)28-40(34(8)24-19-14-3)45(41)36(10)26-21-16-5/h27-36,47H,12-26H2,1-11H3/b42-30-. The third-order valence-electron chi connectivity index (χ3n) is 11.0. The molecule has 3 heteroatoms. The summed E-state index contributed by atoms with van der Waals surface area (Å²) in [6.45, 7) is 22.7. The third kappa shape index (κ3) is 12.3. The summed E-state index contributed by atoms with van der Waals surface area (Å²) in [6.07, 6.45) is 18.6. The second-order valence-corrected chi connectivity index (χ2v) is 15.4. The van der Waals surface area contributed by atoms with Crippen molar-refractivity contribution in [2.24, 2.45) is 0 Å². The highest BCUT2D eigenvalue weighted by atomic mass is 16.5. The van der Waals surface area contributed by atoms with Crippen LogP contribution in [0.15, 0.2) is 30.0 Å². The topological polar surface area (TPSA) is 46.5 Å². The minimum Gasteiger partial charge on any atom is -0.504 e. The predicted octanol–water partition coefficient (Wildman–Crippen LogP) is 14.9. The van der Waals surface area contributed by atoms with Crippen molar-refractivity contribution in [1.82, 2.24) is 0 Å². The molecular weight excluding hydrogens is 601 g/mol. The Labute approximate surface area is 302 Å². The number of benzene rings is 2. The molecule has 0 saturated heterocycles. The number of aliphatic hydroxyl groups is 1. The molecule has 0 radical (unpaired) electrons. The first-order chi connectivity index (χ1) is 23.5. The second-order valence-electron chi connectivity index (χ2n) is 15.4. The van der Waals surface area contributed by atoms with Crippen molar-refractivity contribution in [3.8, 4) is 5.75 Å². The molecule has 2 aromatic rings. The predicted molar refractivity (Wildman–Crippen MR) is 214 cm³/mol. The molecule has 0 aliphatic heterocycles. The molecule has 0 amide bonds. The van der Waals surface area contributed by atoms with Gasteiger partial charge in [-0.25, -0.2) is 0 Å². The first kappa shape index (κ1) is 42.6. The van der Waals surface area contributed by atoms with Gasteiger partial charge in [-0.05, 0) is 108 Å². The Morgan fingerprint density at radius 2 is 1.04 bits per heavy atom. The van der Waals surface area contributed by atoms with Gasteiger partial charge >= 0.3 is 0 Å². The number of unbranched alkanes of at least 4 members (excludes halogenated alkanes) is 5. The summed E-state index contributed by atoms with van der Waals surface area (Å²) in [5.74, 6) is 1.99. The molecule has 276 valence electrons. The van der Waals surface area contributed by atoms with Crippen molar-refractivity contribution in [3.63, 3.8) is 0 Å². The summed E-state index contributed by atoms with van der Waals surface area (Å²) < 4.78 is 6.05. The Morgan fingerprint density at radius 3 is 1.51 bits per heavy atom. The molecule has 5 atom stereocenters. The smallest absolute Gasteiger partial charge is 0.227 e. The number of hydrogen-bond acceptors (Lipinski definition) is 3. The van der Waals surface area contributed by atoms with Crippen LogP contribution in [-0.4, -0.2) is 18.0 Å². The van der Waals surface area contributed by atoms with Crippen LogP contribution in [0, 0.1) is 0 Å². The summed E-state index contributed by atoms with van der Waals surface area (Å²) in [6, 6.07) is 8.99. The number of carbonyl (C=O) groups excluding carboxylic acids is 1. The average molecular weight is 675 g/mol. The maximum atomic E-state index is 14.7. The van der Waals surface area contributed by atoms with E-state index in [1.54, 1.807) is 13.2 Å². The van der Waals surface area contributed by atoms with E-state index in [9.17, 15) is 9.90 Å². The van der Waals surface area contributed by atoms with Crippen LogP contribution in [0.2, 0.25) is 0 Å². The average Bonchev–Trinajstić information content (AvgIpc) is 3.11. The van der Waals surface area contributed by atoms with Crippen molar-refractivity contribution < 1.29 is 14.6 Å². The van der Waals surface area contributed by atoms with Crippen molar-refractivity contribution in [2.75, 3.05) is 7.11 Å². The fourth-order valence-electron chi connectivity index (χ4n) is 7.58. The Bertz CT molecular complexity index is 1300. The summed E-state index contributed by atoms with van der Waals surface area (Å²) in [7, 11) is 1.75. The van der Waals surface area contributed by atoms with Crippen LogP contribution in [-0.2, 0) is 0 Å². The number of carbonyl (C=O) groups is 1. The Kier molecular flexibility index (Phi) is 19.4. The monoisotopic (exact) mass is 675 g/mol. The first-order valence-electron chi connectivity index (χ1n) is 20.3. The van der Waals surface area contributed by atoms with E-state index >= 15 is 0 Å². The van der Waals surface area contributed by atoms with Gasteiger partial charge in [-0.3, -0.25) is 4.79 Å². The second kappa shape index (κ2) is 22.3. The molecule has 0 aliphatic carbocycles. The molecule has 0 aliphatic rings. The zero-order valence-corrected chi connectivity index (χ0v) is 33.6. The summed E-state index contributed by atoms with van der Waals surface area (Å²) in [5, 5.41) is 11.9. The Morgan fingerprint density at radius 1 is 0.612 bits per heavy atom. The number of hydrogen-bond donors (Lipinski definition) is 1. The molecule has 0 spiro atoms. The number of rotatable bonds is 24. The molecule has 0 fully saturated rings. The summed E-state index contributed by atoms with van der Waals surface area (Å²) in [4.78, 5) is 14.7. The van der Waals surface area contributed by atoms with Gasteiger partial charge in [0, 0.05) is 11.1 Å². The third-order valence-corrected chi connectivity index (χ3v) is 11.0. The summed E-state index contributed by atoms with van der Waals surface area (Å²) in [5.41, 5.74) is 7.62. The fraction of sp³-hybridized carbons (Fsp3) is 0.674. The molecule has 5 unspecified atom stereocenters. The van der Waals surface area contributed by atoms with Crippen LogP contribution in [0.3, 0.4) is 0 Å². The first-order valence-corrected chi connectivity index (χ1v) is 20.3. The molecule has 1 N–H and O–H groups in total. The highest BCUT2D eigenvalue weighted by Gasteiger charge is 2.27. The number of allylic oxidation sites excluding steroid dienone is 1. The molecule has 0 bridgehead atoms. The molecule has 0 saturated carbocycles. The van der Waals surface area contributed by atoms with Crippen LogP contribution in [0.25, 0.3) is 6.08 Å². The quantitative estimate of drug-likeness (QED) is 0.0685. The number of ether oxygens (including phenoxy) is 1. The number of methoxy groups -OCH3 is 1. The number of ketones is 1. The van der Waals surface area contributed by atoms with Crippen molar-refractivity contribution in [2.45, 2.75) is 195 Å². The summed E-state index contributed by atoms with van der Waals surface area (Å²) >= 11 is 0. The van der Waals surface area contributed by atoms with E-state index in [0.717, 1.165) is 106 Å². The minimum atomic E-state index is -0.248. The van der Waals surface area contributed by atoms with E-state index < -0.39 is 0 Å². The van der Waals surface area contributed by atoms with Crippen LogP contribution in [0.4, 0.5) is 0 Å². The van der Waals surface area contributed by atoms with E-state index in [1.807, 2.05) is 0 Å². The lowest BCUT2D eigenvalue weighted by molar-refractivity contribution is 0.0978. The van der Waals surface area contributed by atoms with Crippen molar-refractivity contribution in [1.29, 1.82) is 0 Å². The van der Waals surface area contributed by atoms with Gasteiger partial charge in [0.05, 0.1) is 7.11 Å². The fourth-order valence-corrected chi connectivity index (χ4v) is 7.58. The van der Waals surface area contributed by atoms with Crippen molar-refractivity contribution in [3.05, 3.63) is 69.0 Å². The van der Waals surface area contributed by atoms with Crippen LogP contribution >= 0.6 is 0 Å². The van der Waals surface area contributed by atoms with Gasteiger partial charge in [0.25, 0.3) is 0 Å². The molecule has 2 rings (SSSR count). The van der Waals surface area contributed by atoms with E-state index in [4.69, 9.17) is 4.74 Å². The van der Waals surface area contributed by atoms with Gasteiger partial charge in [0.1, 0.15) is 5.75 Å². The maximum Gasteiger partial charge on any atom is 0.227 e. The van der Waals surface area contributed by atoms with Gasteiger partial charge < -0.3 is 9.84 Å². The van der Waals surface area contributed by atoms with Crippen LogP contribution in [0.1, 0.15) is 239 Å². The lowest BCUT2D eigenvalue weighted by Gasteiger charge is -2.27. The normalized spacial score (nSPS) is 15.1. The molecule has 49 heavy (non-hydrogen) atoms. The Hall–Kier alpha value is -2.55. The van der Waals surface area contributed by atoms with Gasteiger partial charge in [0.15, 0.2) is 5.76 Å². The molecule has 2 aromatic carbocycles. The molecular formula is C46H74O3. The van der Waals surface area contributed by atoms with Gasteiger partial charge in [0.2, 0.25) is 5.78 Å². The zero-order chi connectivity index (χ0) is 36.5. The lowest BCUT2D eigenvalue weighted by Crippen LogP contribution is -2.15. The highest BCUT2D eigenvalue weighted by molar-refractivity contribution is 6.11. The van der Waals surface area contributed by atoms with Crippen molar-refractivity contribution >= 4 is 11.9 Å². The molecule has 3 nitrogen and oxygen atoms in total. The van der Waals surface area contributed by atoms with E-state index in [1.165, 1.54) is 29.5 Å². The van der Waals surface area contributed by atoms with E-state index in [0.29, 0.717) is 23.3 Å². The van der Waals surface area contributed by atoms with Gasteiger partial charge in [-0.15, -0.1) is 0 Å². The van der Waals surface area contributed by atoms with E-state index in [-0.39, 0.29) is 23.4 Å².